The summed E-state index contributed by atoms with van der Waals surface area (Å²) < 4.78 is 0. The Hall–Kier alpha value is -1.82. The second kappa shape index (κ2) is 56.7. The first kappa shape index (κ1) is 39.3. The van der Waals surface area contributed by atoms with Gasteiger partial charge in [0, 0.05) is 0 Å². The Morgan fingerprint density at radius 1 is 0.654 bits per heavy atom. The summed E-state index contributed by atoms with van der Waals surface area (Å²) in [7, 11) is 0. The molecular weight excluding hydrogens is 312 g/mol. The van der Waals surface area contributed by atoms with Crippen LogP contribution in [0.15, 0.2) is 85.6 Å². The van der Waals surface area contributed by atoms with Gasteiger partial charge in [-0.25, -0.2) is 0 Å². The minimum absolute atomic E-state index is 0.928. The average Bonchev–Trinajstić information content (AvgIpc) is 2.72. The van der Waals surface area contributed by atoms with Crippen molar-refractivity contribution in [2.24, 2.45) is 0 Å². The van der Waals surface area contributed by atoms with Crippen molar-refractivity contribution in [1.82, 2.24) is 0 Å². The Labute approximate surface area is 168 Å². The third-order valence-electron chi connectivity index (χ3n) is 1.94. The summed E-state index contributed by atoms with van der Waals surface area (Å²) in [5.74, 6) is 0. The van der Waals surface area contributed by atoms with Crippen molar-refractivity contribution in [3.8, 4) is 0 Å². The molecule has 0 saturated heterocycles. The van der Waals surface area contributed by atoms with E-state index in [1.165, 1.54) is 11.1 Å². The van der Waals surface area contributed by atoms with Crippen molar-refractivity contribution in [2.75, 3.05) is 0 Å². The van der Waals surface area contributed by atoms with E-state index in [0.717, 1.165) is 6.42 Å². The van der Waals surface area contributed by atoms with E-state index in [0.29, 0.717) is 0 Å². The standard InChI is InChI=1S/C15H20.C3H6.4C2H6/c1-5-9-12-14(8-4)13-15(10-6-2)11-7-3;1-3-2;4*1-2/h5-12H,1-2,13H2,3-4H3;3H,1H2,2H3;4*1-2H3/b11-7-,12-9-,14-8+,15-10+;;;;;. The van der Waals surface area contributed by atoms with Gasteiger partial charge in [-0.3, -0.25) is 0 Å². The summed E-state index contributed by atoms with van der Waals surface area (Å²) in [5, 5.41) is 0. The van der Waals surface area contributed by atoms with Gasteiger partial charge in [0.05, 0.1) is 0 Å². The summed E-state index contributed by atoms with van der Waals surface area (Å²) in [5.41, 5.74) is 2.54. The number of hydrogen-bond acceptors (Lipinski definition) is 0. The van der Waals surface area contributed by atoms with Crippen LogP contribution in [-0.2, 0) is 0 Å². The fourth-order valence-corrected chi connectivity index (χ4v) is 1.22. The molecule has 0 heteroatoms. The molecule has 0 saturated carbocycles. The van der Waals surface area contributed by atoms with Crippen molar-refractivity contribution in [3.05, 3.63) is 85.6 Å². The highest BCUT2D eigenvalue weighted by atomic mass is 14.0. The molecule has 154 valence electrons. The normalized spacial score (nSPS) is 9.35. The van der Waals surface area contributed by atoms with Gasteiger partial charge in [-0.05, 0) is 38.3 Å². The summed E-state index contributed by atoms with van der Waals surface area (Å²) in [4.78, 5) is 0. The van der Waals surface area contributed by atoms with Gasteiger partial charge in [-0.1, -0.05) is 123 Å². The van der Waals surface area contributed by atoms with E-state index in [-0.39, 0.29) is 0 Å². The summed E-state index contributed by atoms with van der Waals surface area (Å²) in [6, 6.07) is 0. The van der Waals surface area contributed by atoms with Crippen molar-refractivity contribution in [3.63, 3.8) is 0 Å². The lowest BCUT2D eigenvalue weighted by molar-refractivity contribution is 1.20. The molecule has 26 heavy (non-hydrogen) atoms. The molecule has 0 aliphatic carbocycles. The van der Waals surface area contributed by atoms with Crippen molar-refractivity contribution < 1.29 is 0 Å². The highest BCUT2D eigenvalue weighted by Crippen LogP contribution is 2.14. The van der Waals surface area contributed by atoms with Crippen LogP contribution < -0.4 is 0 Å². The molecule has 0 rings (SSSR count). The smallest absolute Gasteiger partial charge is 0.00292 e. The molecule has 0 heterocycles. The predicted molar refractivity (Wildman–Crippen MR) is 132 cm³/mol. The molecule has 0 radical (unpaired) electrons. The van der Waals surface area contributed by atoms with Gasteiger partial charge < -0.3 is 0 Å². The Bertz CT molecular complexity index is 346. The zero-order chi connectivity index (χ0) is 22.2. The molecule has 0 aliphatic heterocycles. The lowest BCUT2D eigenvalue weighted by Crippen LogP contribution is -1.82. The number of rotatable bonds is 6. The highest BCUT2D eigenvalue weighted by molar-refractivity contribution is 5.33. The molecule has 0 aromatic carbocycles. The third-order valence-corrected chi connectivity index (χ3v) is 1.94. The first-order chi connectivity index (χ1) is 12.7. The van der Waals surface area contributed by atoms with Gasteiger partial charge in [0.2, 0.25) is 0 Å². The van der Waals surface area contributed by atoms with Crippen LogP contribution in [0.4, 0.5) is 0 Å². The third kappa shape index (κ3) is 49.5. The van der Waals surface area contributed by atoms with E-state index in [1.54, 1.807) is 12.2 Å². The zero-order valence-corrected chi connectivity index (χ0v) is 20.0. The van der Waals surface area contributed by atoms with E-state index in [4.69, 9.17) is 0 Å². The molecule has 0 amide bonds. The van der Waals surface area contributed by atoms with Crippen LogP contribution in [0.5, 0.6) is 0 Å². The van der Waals surface area contributed by atoms with Crippen LogP contribution in [0.2, 0.25) is 0 Å². The largest absolute Gasteiger partial charge is 0.103 e. The molecule has 0 fully saturated rings. The molecule has 0 spiro atoms. The van der Waals surface area contributed by atoms with Crippen LogP contribution in [0, 0.1) is 0 Å². The van der Waals surface area contributed by atoms with Crippen LogP contribution >= 0.6 is 0 Å². The Kier molecular flexibility index (Phi) is 85.7. The fourth-order valence-electron chi connectivity index (χ4n) is 1.22. The average molecular weight is 363 g/mol. The number of allylic oxidation sites excluding steroid dienone is 11. The quantitative estimate of drug-likeness (QED) is 0.325. The Morgan fingerprint density at radius 3 is 1.35 bits per heavy atom. The van der Waals surface area contributed by atoms with E-state index in [1.807, 2.05) is 100 Å². The molecule has 0 aliphatic rings. The molecule has 0 aromatic heterocycles. The monoisotopic (exact) mass is 362 g/mol. The van der Waals surface area contributed by atoms with E-state index < -0.39 is 0 Å². The molecule has 0 atom stereocenters. The number of hydrogen-bond donors (Lipinski definition) is 0. The molecular formula is C26H50. The zero-order valence-electron chi connectivity index (χ0n) is 20.0. The topological polar surface area (TPSA) is 0 Å². The Balaban J connectivity index is -0.0000000763. The Morgan fingerprint density at radius 2 is 1.08 bits per heavy atom. The lowest BCUT2D eigenvalue weighted by Gasteiger charge is -2.02. The van der Waals surface area contributed by atoms with E-state index in [2.05, 4.69) is 38.0 Å². The van der Waals surface area contributed by atoms with Crippen LogP contribution in [0.3, 0.4) is 0 Å². The second-order valence-corrected chi connectivity index (χ2v) is 3.52. The summed E-state index contributed by atoms with van der Waals surface area (Å²) in [6.07, 6.45) is 18.6. The van der Waals surface area contributed by atoms with Crippen LogP contribution in [-0.4, -0.2) is 0 Å². The maximum atomic E-state index is 3.71. The lowest BCUT2D eigenvalue weighted by atomic mass is 10.0. The minimum atomic E-state index is 0.928. The van der Waals surface area contributed by atoms with Crippen LogP contribution in [0.1, 0.15) is 82.6 Å². The predicted octanol–water partition coefficient (Wildman–Crippen LogP) is 10.1. The maximum Gasteiger partial charge on any atom is -0.00292 e. The first-order valence-electron chi connectivity index (χ1n) is 10.2. The van der Waals surface area contributed by atoms with Gasteiger partial charge in [-0.15, -0.1) is 6.58 Å². The first-order valence-corrected chi connectivity index (χ1v) is 10.2. The van der Waals surface area contributed by atoms with Gasteiger partial charge in [0.1, 0.15) is 0 Å². The molecule has 0 N–H and O–H groups in total. The fraction of sp³-hybridized carbons (Fsp3) is 0.462. The highest BCUT2D eigenvalue weighted by Gasteiger charge is 1.94. The SMILES string of the molecule is C=C/C=C\C(=C/C)CC(/C=C\C)=C/C=C.C=CC.CC.CC.CC.CC. The van der Waals surface area contributed by atoms with Gasteiger partial charge in [0.25, 0.3) is 0 Å². The van der Waals surface area contributed by atoms with E-state index >= 15 is 0 Å². The second-order valence-electron chi connectivity index (χ2n) is 3.52. The van der Waals surface area contributed by atoms with Gasteiger partial charge in [-0.2, -0.15) is 0 Å². The van der Waals surface area contributed by atoms with E-state index in [9.17, 15) is 0 Å². The molecule has 0 bridgehead atoms. The summed E-state index contributed by atoms with van der Waals surface area (Å²) in [6.45, 7) is 32.7. The summed E-state index contributed by atoms with van der Waals surface area (Å²) >= 11 is 0. The molecule has 0 aromatic rings. The van der Waals surface area contributed by atoms with Gasteiger partial charge >= 0.3 is 0 Å². The van der Waals surface area contributed by atoms with Gasteiger partial charge in [0.15, 0.2) is 0 Å². The van der Waals surface area contributed by atoms with Crippen molar-refractivity contribution in [1.29, 1.82) is 0 Å². The maximum absolute atomic E-state index is 3.71. The van der Waals surface area contributed by atoms with Crippen molar-refractivity contribution >= 4 is 0 Å². The van der Waals surface area contributed by atoms with Crippen molar-refractivity contribution in [2.45, 2.75) is 82.6 Å². The van der Waals surface area contributed by atoms with Crippen LogP contribution in [0.25, 0.3) is 0 Å². The molecule has 0 unspecified atom stereocenters. The molecule has 0 nitrogen and oxygen atoms in total. The minimum Gasteiger partial charge on any atom is -0.103 e.